The quantitative estimate of drug-likeness (QED) is 0.0591. The van der Waals surface area contributed by atoms with Crippen molar-refractivity contribution in [3.8, 4) is 0 Å². The molecule has 0 atom stereocenters. The van der Waals surface area contributed by atoms with Crippen molar-refractivity contribution in [1.29, 1.82) is 0 Å². The molecule has 5 aromatic carbocycles. The van der Waals surface area contributed by atoms with E-state index >= 15 is 0 Å². The number of rotatable bonds is 10. The minimum Gasteiger partial charge on any atom is -0.199 e. The van der Waals surface area contributed by atoms with Gasteiger partial charge in [-0.25, -0.2) is 0 Å². The average Bonchev–Trinajstić information content (AvgIpc) is 3.09. The van der Waals surface area contributed by atoms with Gasteiger partial charge < -0.3 is 0 Å². The van der Waals surface area contributed by atoms with E-state index in [4.69, 9.17) is 0 Å². The van der Waals surface area contributed by atoms with Crippen molar-refractivity contribution in [3.63, 3.8) is 0 Å². The van der Waals surface area contributed by atoms with E-state index in [1.54, 1.807) is 0 Å². The van der Waals surface area contributed by atoms with E-state index in [9.17, 15) is 39.5 Å². The SMILES string of the molecule is CCCCCC[B-](c1cccc(C(F)(F)F)c1)(c1cccc(C(F)(F)F)c1)c1cccc(C(F)(F)F)c1.c1ccc([I+]c2ccccc2)cc1. The van der Waals surface area contributed by atoms with E-state index < -0.39 is 41.4 Å². The van der Waals surface area contributed by atoms with Crippen LogP contribution in [0.3, 0.4) is 0 Å². The van der Waals surface area contributed by atoms with Gasteiger partial charge >= 0.3 is 39.7 Å². The van der Waals surface area contributed by atoms with Crippen LogP contribution in [0.4, 0.5) is 39.5 Å². The highest BCUT2D eigenvalue weighted by atomic mass is 127. The maximum absolute atomic E-state index is 13.7. The van der Waals surface area contributed by atoms with Crippen LogP contribution in [0.1, 0.15) is 49.3 Å². The summed E-state index contributed by atoms with van der Waals surface area (Å²) in [7, 11) is 0. The Hall–Kier alpha value is -3.74. The number of hydrogen-bond acceptors (Lipinski definition) is 0. The Labute approximate surface area is 296 Å². The Morgan fingerprint density at radius 3 is 1.12 bits per heavy atom. The zero-order valence-corrected chi connectivity index (χ0v) is 29.3. The molecule has 0 radical (unpaired) electrons. The van der Waals surface area contributed by atoms with Crippen molar-refractivity contribution >= 4 is 22.5 Å². The van der Waals surface area contributed by atoms with E-state index in [1.165, 1.54) is 25.3 Å². The number of alkyl halides is 9. The molecule has 5 rings (SSSR count). The van der Waals surface area contributed by atoms with Crippen LogP contribution >= 0.6 is 0 Å². The fourth-order valence-electron chi connectivity index (χ4n) is 6.10. The van der Waals surface area contributed by atoms with Gasteiger partial charge in [0.05, 0.1) is 22.8 Å². The Bertz CT molecular complexity index is 1610. The molecule has 0 heterocycles. The highest BCUT2D eigenvalue weighted by Gasteiger charge is 2.38. The summed E-state index contributed by atoms with van der Waals surface area (Å²) >= 11 is 0.0287. The van der Waals surface area contributed by atoms with E-state index in [1.807, 2.05) is 6.92 Å². The van der Waals surface area contributed by atoms with Gasteiger partial charge in [0, 0.05) is 0 Å². The summed E-state index contributed by atoms with van der Waals surface area (Å²) < 4.78 is 126. The third kappa shape index (κ3) is 10.4. The fourth-order valence-corrected chi connectivity index (χ4v) is 8.37. The van der Waals surface area contributed by atoms with Gasteiger partial charge in [-0.15, -0.1) is 0 Å². The second-order valence-electron chi connectivity index (χ2n) is 12.0. The van der Waals surface area contributed by atoms with Crippen molar-refractivity contribution in [3.05, 3.63) is 157 Å². The van der Waals surface area contributed by atoms with Gasteiger partial charge in [0.2, 0.25) is 0 Å². The fraction of sp³-hybridized carbons (Fsp3) is 0.231. The topological polar surface area (TPSA) is 0 Å². The normalized spacial score (nSPS) is 12.3. The molecule has 0 aliphatic carbocycles. The third-order valence-electron chi connectivity index (χ3n) is 8.52. The summed E-state index contributed by atoms with van der Waals surface area (Å²) in [4.78, 5) is 0. The van der Waals surface area contributed by atoms with Crippen molar-refractivity contribution in [2.24, 2.45) is 0 Å². The molecule has 50 heavy (non-hydrogen) atoms. The zero-order chi connectivity index (χ0) is 36.4. The van der Waals surface area contributed by atoms with Crippen molar-refractivity contribution in [2.45, 2.75) is 57.5 Å². The summed E-state index contributed by atoms with van der Waals surface area (Å²) in [5.41, 5.74) is -2.98. The van der Waals surface area contributed by atoms with Crippen LogP contribution in [0.25, 0.3) is 0 Å². The Kier molecular flexibility index (Phi) is 13.3. The first-order chi connectivity index (χ1) is 23.6. The van der Waals surface area contributed by atoms with Crippen molar-refractivity contribution in [1.82, 2.24) is 0 Å². The van der Waals surface area contributed by atoms with Gasteiger partial charge in [-0.3, -0.25) is 0 Å². The van der Waals surface area contributed by atoms with Gasteiger partial charge in [-0.2, -0.15) is 62.2 Å². The van der Waals surface area contributed by atoms with Crippen LogP contribution in [0.5, 0.6) is 0 Å². The maximum Gasteiger partial charge on any atom is 0.416 e. The van der Waals surface area contributed by atoms with Crippen molar-refractivity contribution in [2.75, 3.05) is 0 Å². The van der Waals surface area contributed by atoms with Crippen LogP contribution in [0.15, 0.2) is 133 Å². The molecule has 0 unspecified atom stereocenters. The standard InChI is InChI=1S/C27H25BF9.C12H10I/c1-2-3-4-5-15-28(22-12-6-9-19(16-22)25(29,30)31,23-13-7-10-20(17-23)26(32,33)34)24-14-8-11-21(18-24)27(35,36)37;1-3-7-11(8-4-1)13-12-9-5-2-6-10-12/h6-14,16-18H,2-5,15H2,1H3;1-10H/q-1;+1. The lowest BCUT2D eigenvalue weighted by Crippen LogP contribution is -3.61. The molecule has 264 valence electrons. The van der Waals surface area contributed by atoms with Gasteiger partial charge in [0.25, 0.3) is 0 Å². The number of halogens is 10. The predicted molar refractivity (Wildman–Crippen MR) is 178 cm³/mol. The average molecular weight is 812 g/mol. The molecular weight excluding hydrogens is 777 g/mol. The molecular formula is C39H35BF9I. The Balaban J connectivity index is 0.000000358. The highest BCUT2D eigenvalue weighted by Crippen LogP contribution is 2.33. The minimum absolute atomic E-state index is 0.0287. The molecule has 0 aliphatic rings. The molecule has 0 saturated heterocycles. The van der Waals surface area contributed by atoms with Gasteiger partial charge in [0.1, 0.15) is 0 Å². The third-order valence-corrected chi connectivity index (χ3v) is 11.2. The summed E-state index contributed by atoms with van der Waals surface area (Å²) in [5, 5.41) is 0. The van der Waals surface area contributed by atoms with Crippen molar-refractivity contribution < 1.29 is 60.7 Å². The summed E-state index contributed by atoms with van der Waals surface area (Å²) in [6.07, 6.45) is -14.2. The van der Waals surface area contributed by atoms with Gasteiger partial charge in [0.15, 0.2) is 7.14 Å². The Morgan fingerprint density at radius 1 is 0.440 bits per heavy atom. The minimum atomic E-state index is -4.75. The van der Waals surface area contributed by atoms with E-state index in [-0.39, 0.29) is 43.9 Å². The van der Waals surface area contributed by atoms with Gasteiger partial charge in [-0.1, -0.05) is 142 Å². The molecule has 5 aromatic rings. The largest absolute Gasteiger partial charge is 0.416 e. The summed E-state index contributed by atoms with van der Waals surface area (Å²) in [6.45, 7) is 1.94. The lowest BCUT2D eigenvalue weighted by Gasteiger charge is -2.44. The smallest absolute Gasteiger partial charge is 0.199 e. The molecule has 0 nitrogen and oxygen atoms in total. The van der Waals surface area contributed by atoms with E-state index in [0.29, 0.717) is 12.8 Å². The van der Waals surface area contributed by atoms with Gasteiger partial charge in [-0.05, 0) is 24.3 Å². The first-order valence-electron chi connectivity index (χ1n) is 16.1. The second-order valence-corrected chi connectivity index (χ2v) is 15.0. The first-order valence-corrected chi connectivity index (χ1v) is 18.3. The van der Waals surface area contributed by atoms with Crippen LogP contribution in [0, 0.1) is 7.14 Å². The monoisotopic (exact) mass is 812 g/mol. The van der Waals surface area contributed by atoms with E-state index in [2.05, 4.69) is 60.7 Å². The molecule has 0 N–H and O–H groups in total. The van der Waals surface area contributed by atoms with Crippen LogP contribution in [-0.2, 0) is 18.5 Å². The Morgan fingerprint density at radius 2 is 0.800 bits per heavy atom. The highest BCUT2D eigenvalue weighted by molar-refractivity contribution is 7.11. The van der Waals surface area contributed by atoms with Crippen LogP contribution in [0.2, 0.25) is 6.32 Å². The number of unbranched alkanes of at least 4 members (excludes halogenated alkanes) is 3. The molecule has 0 fully saturated rings. The molecule has 0 aromatic heterocycles. The number of benzene rings is 5. The number of hydrogen-bond donors (Lipinski definition) is 0. The van der Waals surface area contributed by atoms with Crippen LogP contribution < -0.4 is 37.6 Å². The zero-order valence-electron chi connectivity index (χ0n) is 27.1. The molecule has 0 spiro atoms. The molecule has 0 saturated carbocycles. The molecule has 0 bridgehead atoms. The van der Waals surface area contributed by atoms with E-state index in [0.717, 1.165) is 67.4 Å². The van der Waals surface area contributed by atoms with Crippen LogP contribution in [-0.4, -0.2) is 6.15 Å². The molecule has 0 amide bonds. The lowest BCUT2D eigenvalue weighted by molar-refractivity contribution is -0.597. The summed E-state index contributed by atoms with van der Waals surface area (Å²) in [6, 6.07) is 33.9. The predicted octanol–water partition coefficient (Wildman–Crippen LogP) is 7.61. The first kappa shape index (κ1) is 39.1. The molecule has 0 aliphatic heterocycles. The molecule has 11 heteroatoms. The summed E-state index contributed by atoms with van der Waals surface area (Å²) in [5.74, 6) is 0. The lowest BCUT2D eigenvalue weighted by atomic mass is 9.14. The maximum atomic E-state index is 13.7. The second kappa shape index (κ2) is 17.0.